The van der Waals surface area contributed by atoms with Crippen molar-refractivity contribution in [1.29, 1.82) is 0 Å². The fourth-order valence-electron chi connectivity index (χ4n) is 1.15. The van der Waals surface area contributed by atoms with Crippen molar-refractivity contribution in [3.05, 3.63) is 0 Å². The van der Waals surface area contributed by atoms with Gasteiger partial charge in [0.2, 0.25) is 5.91 Å². The average Bonchev–Trinajstić information content (AvgIpc) is 2.29. The lowest BCUT2D eigenvalue weighted by molar-refractivity contribution is -0.148. The molecule has 1 atom stereocenters. The zero-order valence-corrected chi connectivity index (χ0v) is 10.4. The van der Waals surface area contributed by atoms with Crippen LogP contribution in [0.25, 0.3) is 0 Å². The number of carboxylic acid groups (broad SMARTS) is 1. The molecule has 100 valence electrons. The molecule has 0 aromatic carbocycles. The third-order valence-electron chi connectivity index (χ3n) is 2.17. The summed E-state index contributed by atoms with van der Waals surface area (Å²) in [4.78, 5) is 21.8. The molecule has 1 unspecified atom stereocenters. The van der Waals surface area contributed by atoms with Crippen molar-refractivity contribution in [1.82, 2.24) is 5.32 Å². The molecule has 0 saturated carbocycles. The maximum Gasteiger partial charge on any atom is 0.334 e. The first kappa shape index (κ1) is 15.9. The van der Waals surface area contributed by atoms with E-state index < -0.39 is 12.1 Å². The van der Waals surface area contributed by atoms with E-state index in [0.29, 0.717) is 6.61 Å². The van der Waals surface area contributed by atoms with Gasteiger partial charge in [0.05, 0.1) is 6.54 Å². The Hall–Kier alpha value is -1.14. The monoisotopic (exact) mass is 247 g/mol. The average molecular weight is 247 g/mol. The van der Waals surface area contributed by atoms with Gasteiger partial charge in [-0.05, 0) is 6.42 Å². The van der Waals surface area contributed by atoms with Gasteiger partial charge in [0, 0.05) is 13.7 Å². The number of nitrogens with one attached hydrogen (secondary N) is 1. The first-order valence-corrected chi connectivity index (χ1v) is 5.71. The van der Waals surface area contributed by atoms with E-state index in [4.69, 9.17) is 9.84 Å². The Balaban J connectivity index is 3.55. The molecule has 0 fully saturated rings. The molecule has 0 aromatic heterocycles. The summed E-state index contributed by atoms with van der Waals surface area (Å²) in [6.45, 7) is 2.54. The van der Waals surface area contributed by atoms with Gasteiger partial charge in [-0.1, -0.05) is 19.8 Å². The van der Waals surface area contributed by atoms with Crippen LogP contribution >= 0.6 is 0 Å². The lowest BCUT2D eigenvalue weighted by Gasteiger charge is -2.11. The van der Waals surface area contributed by atoms with Crippen molar-refractivity contribution in [2.24, 2.45) is 0 Å². The Morgan fingerprint density at radius 1 is 1.35 bits per heavy atom. The molecule has 0 aromatic rings. The summed E-state index contributed by atoms with van der Waals surface area (Å²) < 4.78 is 9.79. The van der Waals surface area contributed by atoms with Crippen molar-refractivity contribution in [2.75, 3.05) is 26.9 Å². The highest BCUT2D eigenvalue weighted by Crippen LogP contribution is 1.94. The van der Waals surface area contributed by atoms with Gasteiger partial charge in [-0.3, -0.25) is 4.79 Å². The van der Waals surface area contributed by atoms with E-state index in [2.05, 4.69) is 17.0 Å². The number of unbranched alkanes of at least 4 members (excludes halogenated alkanes) is 2. The van der Waals surface area contributed by atoms with Gasteiger partial charge in [-0.2, -0.15) is 0 Å². The van der Waals surface area contributed by atoms with Gasteiger partial charge in [-0.25, -0.2) is 4.79 Å². The highest BCUT2D eigenvalue weighted by atomic mass is 16.5. The van der Waals surface area contributed by atoms with Crippen molar-refractivity contribution in [3.8, 4) is 0 Å². The second-order valence-corrected chi connectivity index (χ2v) is 3.63. The van der Waals surface area contributed by atoms with Crippen molar-refractivity contribution < 1.29 is 24.2 Å². The third-order valence-corrected chi connectivity index (χ3v) is 2.17. The lowest BCUT2D eigenvalue weighted by atomic mass is 10.3. The molecule has 0 aliphatic heterocycles. The normalized spacial score (nSPS) is 12.1. The largest absolute Gasteiger partial charge is 0.479 e. The molecule has 0 aliphatic carbocycles. The van der Waals surface area contributed by atoms with Crippen LogP contribution in [0.3, 0.4) is 0 Å². The molecule has 0 bridgehead atoms. The van der Waals surface area contributed by atoms with E-state index in [9.17, 15) is 9.59 Å². The Morgan fingerprint density at radius 2 is 2.06 bits per heavy atom. The maximum atomic E-state index is 11.2. The molecule has 0 rings (SSSR count). The standard InChI is InChI=1S/C11H21NO5/c1-3-4-5-6-17-8-10(13)12-7-9(16-2)11(14)15/h9H,3-8H2,1-2H3,(H,12,13)(H,14,15). The summed E-state index contributed by atoms with van der Waals surface area (Å²) in [5, 5.41) is 11.1. The van der Waals surface area contributed by atoms with Gasteiger partial charge >= 0.3 is 5.97 Å². The summed E-state index contributed by atoms with van der Waals surface area (Å²) in [6.07, 6.45) is 2.09. The number of hydrogen-bond acceptors (Lipinski definition) is 4. The minimum Gasteiger partial charge on any atom is -0.479 e. The van der Waals surface area contributed by atoms with Gasteiger partial charge in [0.1, 0.15) is 6.61 Å². The number of methoxy groups -OCH3 is 1. The molecular formula is C11H21NO5. The van der Waals surface area contributed by atoms with Gasteiger partial charge in [0.25, 0.3) is 0 Å². The Labute approximate surface area is 101 Å². The van der Waals surface area contributed by atoms with Crippen LogP contribution in [0, 0.1) is 0 Å². The second-order valence-electron chi connectivity index (χ2n) is 3.63. The molecule has 2 N–H and O–H groups in total. The Bertz CT molecular complexity index is 232. The van der Waals surface area contributed by atoms with E-state index in [1.54, 1.807) is 0 Å². The smallest absolute Gasteiger partial charge is 0.334 e. The van der Waals surface area contributed by atoms with E-state index in [0.717, 1.165) is 19.3 Å². The Kier molecular flexibility index (Phi) is 9.37. The highest BCUT2D eigenvalue weighted by Gasteiger charge is 2.16. The summed E-state index contributed by atoms with van der Waals surface area (Å²) in [5.74, 6) is -1.43. The number of carbonyl (C=O) groups is 2. The van der Waals surface area contributed by atoms with Crippen LogP contribution in [0.5, 0.6) is 0 Å². The second kappa shape index (κ2) is 10.0. The molecule has 0 radical (unpaired) electrons. The highest BCUT2D eigenvalue weighted by molar-refractivity contribution is 5.78. The quantitative estimate of drug-likeness (QED) is 0.546. The fraction of sp³-hybridized carbons (Fsp3) is 0.818. The molecule has 0 aliphatic rings. The molecule has 0 heterocycles. The van der Waals surface area contributed by atoms with Gasteiger partial charge in [0.15, 0.2) is 6.10 Å². The lowest BCUT2D eigenvalue weighted by Crippen LogP contribution is -2.39. The molecule has 0 saturated heterocycles. The number of amides is 1. The first-order chi connectivity index (χ1) is 8.11. The zero-order chi connectivity index (χ0) is 13.1. The third kappa shape index (κ3) is 8.65. The van der Waals surface area contributed by atoms with Crippen LogP contribution in [-0.2, 0) is 19.1 Å². The summed E-state index contributed by atoms with van der Waals surface area (Å²) >= 11 is 0. The SMILES string of the molecule is CCCCCOCC(=O)NCC(OC)C(=O)O. The Morgan fingerprint density at radius 3 is 2.59 bits per heavy atom. The predicted molar refractivity (Wildman–Crippen MR) is 61.8 cm³/mol. The minimum absolute atomic E-state index is 0.0419. The molecule has 6 heteroatoms. The minimum atomic E-state index is -1.10. The molecule has 6 nitrogen and oxygen atoms in total. The summed E-state index contributed by atoms with van der Waals surface area (Å²) in [5.41, 5.74) is 0. The molecule has 17 heavy (non-hydrogen) atoms. The number of ether oxygens (including phenoxy) is 2. The van der Waals surface area contributed by atoms with E-state index in [1.807, 2.05) is 0 Å². The number of aliphatic carboxylic acids is 1. The van der Waals surface area contributed by atoms with Crippen LogP contribution in [0.2, 0.25) is 0 Å². The van der Waals surface area contributed by atoms with E-state index >= 15 is 0 Å². The van der Waals surface area contributed by atoms with Gasteiger partial charge in [-0.15, -0.1) is 0 Å². The summed E-state index contributed by atoms with van der Waals surface area (Å²) in [6, 6.07) is 0. The zero-order valence-electron chi connectivity index (χ0n) is 10.4. The number of carboxylic acids is 1. The van der Waals surface area contributed by atoms with Crippen molar-refractivity contribution in [2.45, 2.75) is 32.3 Å². The summed E-state index contributed by atoms with van der Waals surface area (Å²) in [7, 11) is 1.28. The van der Waals surface area contributed by atoms with E-state index in [-0.39, 0.29) is 19.1 Å². The van der Waals surface area contributed by atoms with Crippen LogP contribution in [0.1, 0.15) is 26.2 Å². The van der Waals surface area contributed by atoms with Crippen LogP contribution in [0.4, 0.5) is 0 Å². The van der Waals surface area contributed by atoms with Crippen LogP contribution in [0.15, 0.2) is 0 Å². The predicted octanol–water partition coefficient (Wildman–Crippen LogP) is 0.409. The topological polar surface area (TPSA) is 84.9 Å². The molecule has 0 spiro atoms. The molecular weight excluding hydrogens is 226 g/mol. The fourth-order valence-corrected chi connectivity index (χ4v) is 1.15. The number of carbonyl (C=O) groups excluding carboxylic acids is 1. The first-order valence-electron chi connectivity index (χ1n) is 5.71. The molecule has 1 amide bonds. The number of rotatable bonds is 10. The van der Waals surface area contributed by atoms with Crippen LogP contribution < -0.4 is 5.32 Å². The van der Waals surface area contributed by atoms with E-state index in [1.165, 1.54) is 7.11 Å². The van der Waals surface area contributed by atoms with Gasteiger partial charge < -0.3 is 19.9 Å². The van der Waals surface area contributed by atoms with Crippen molar-refractivity contribution in [3.63, 3.8) is 0 Å². The van der Waals surface area contributed by atoms with Crippen LogP contribution in [-0.4, -0.2) is 50.0 Å². The van der Waals surface area contributed by atoms with Crippen molar-refractivity contribution >= 4 is 11.9 Å². The maximum absolute atomic E-state index is 11.2. The number of hydrogen-bond donors (Lipinski definition) is 2.